The number of benzene rings is 1. The number of carbonyl (C=O) groups is 1. The van der Waals surface area contributed by atoms with E-state index in [4.69, 9.17) is 0 Å². The summed E-state index contributed by atoms with van der Waals surface area (Å²) in [4.78, 5) is 15.8. The monoisotopic (exact) mass is 294 g/mol. The highest BCUT2D eigenvalue weighted by atomic mass is 79.9. The summed E-state index contributed by atoms with van der Waals surface area (Å²) in [5, 5.41) is 9.15. The normalized spacial score (nSPS) is 10.2. The molecule has 2 N–H and O–H groups in total. The van der Waals surface area contributed by atoms with Crippen molar-refractivity contribution in [1.29, 1.82) is 0 Å². The zero-order chi connectivity index (χ0) is 12.3. The minimum absolute atomic E-state index is 0.134. The molecule has 2 rings (SSSR count). The molecule has 0 aliphatic heterocycles. The molecule has 0 aliphatic rings. The summed E-state index contributed by atoms with van der Waals surface area (Å²) in [6, 6.07) is 5.57. The van der Waals surface area contributed by atoms with Gasteiger partial charge in [-0.15, -0.1) is 0 Å². The Morgan fingerprint density at radius 2 is 2.29 bits per heavy atom. The zero-order valence-corrected chi connectivity index (χ0v) is 10.8. The summed E-state index contributed by atoms with van der Waals surface area (Å²) in [5.74, 6) is 0.496. The molecule has 0 bridgehead atoms. The number of rotatable bonds is 3. The first-order valence-electron chi connectivity index (χ1n) is 5.05. The van der Waals surface area contributed by atoms with Gasteiger partial charge in [0.15, 0.2) is 0 Å². The van der Waals surface area contributed by atoms with E-state index in [2.05, 4.69) is 36.4 Å². The Morgan fingerprint density at radius 1 is 1.47 bits per heavy atom. The largest absolute Gasteiger partial charge is 0.345 e. The molecule has 17 heavy (non-hydrogen) atoms. The maximum Gasteiger partial charge on any atom is 0.251 e. The molecule has 0 aliphatic carbocycles. The fourth-order valence-corrected chi connectivity index (χ4v) is 2.06. The number of aryl methyl sites for hydroxylation is 1. The molecule has 5 nitrogen and oxygen atoms in total. The van der Waals surface area contributed by atoms with Gasteiger partial charge in [0.25, 0.3) is 5.91 Å². The van der Waals surface area contributed by atoms with Gasteiger partial charge in [-0.3, -0.25) is 9.89 Å². The zero-order valence-electron chi connectivity index (χ0n) is 9.20. The van der Waals surface area contributed by atoms with Crippen LogP contribution >= 0.6 is 15.9 Å². The van der Waals surface area contributed by atoms with E-state index in [9.17, 15) is 4.79 Å². The number of carbonyl (C=O) groups excluding carboxylic acids is 1. The first kappa shape index (κ1) is 11.8. The third kappa shape index (κ3) is 3.13. The molecule has 1 aromatic carbocycles. The Hall–Kier alpha value is -1.69. The topological polar surface area (TPSA) is 70.7 Å². The maximum atomic E-state index is 11.9. The summed E-state index contributed by atoms with van der Waals surface area (Å²) in [5.41, 5.74) is 1.65. The number of H-pyrrole nitrogens is 1. The van der Waals surface area contributed by atoms with Crippen molar-refractivity contribution in [3.05, 3.63) is 46.0 Å². The van der Waals surface area contributed by atoms with Gasteiger partial charge >= 0.3 is 0 Å². The van der Waals surface area contributed by atoms with Crippen LogP contribution in [0.1, 0.15) is 21.7 Å². The first-order chi connectivity index (χ1) is 8.15. The van der Waals surface area contributed by atoms with Crippen LogP contribution in [0.4, 0.5) is 0 Å². The number of amides is 1. The number of hydrogen-bond donors (Lipinski definition) is 2. The van der Waals surface area contributed by atoms with Crippen LogP contribution in [0.3, 0.4) is 0 Å². The van der Waals surface area contributed by atoms with Gasteiger partial charge in [0.05, 0.1) is 6.54 Å². The number of halogens is 1. The lowest BCUT2D eigenvalue weighted by Crippen LogP contribution is -2.23. The van der Waals surface area contributed by atoms with E-state index in [-0.39, 0.29) is 5.91 Å². The van der Waals surface area contributed by atoms with Crippen LogP contribution in [0.2, 0.25) is 0 Å². The third-order valence-electron chi connectivity index (χ3n) is 2.19. The van der Waals surface area contributed by atoms with Gasteiger partial charge in [-0.1, -0.05) is 15.9 Å². The van der Waals surface area contributed by atoms with Crippen LogP contribution in [-0.4, -0.2) is 21.1 Å². The second-order valence-electron chi connectivity index (χ2n) is 3.63. The lowest BCUT2D eigenvalue weighted by atomic mass is 10.1. The van der Waals surface area contributed by atoms with E-state index in [0.29, 0.717) is 17.9 Å². The van der Waals surface area contributed by atoms with E-state index in [0.717, 1.165) is 10.0 Å². The highest BCUT2D eigenvalue weighted by Gasteiger charge is 2.07. The highest BCUT2D eigenvalue weighted by Crippen LogP contribution is 2.15. The molecule has 1 aromatic heterocycles. The van der Waals surface area contributed by atoms with Gasteiger partial charge in [0.1, 0.15) is 12.2 Å². The van der Waals surface area contributed by atoms with E-state index < -0.39 is 0 Å². The molecule has 1 amide bonds. The maximum absolute atomic E-state index is 11.9. The Balaban J connectivity index is 2.04. The van der Waals surface area contributed by atoms with Gasteiger partial charge in [0, 0.05) is 10.0 Å². The predicted octanol–water partition coefficient (Wildman–Crippen LogP) is 1.81. The average Bonchev–Trinajstić information content (AvgIpc) is 2.77. The van der Waals surface area contributed by atoms with E-state index in [1.54, 1.807) is 6.07 Å². The van der Waals surface area contributed by atoms with Crippen molar-refractivity contribution in [1.82, 2.24) is 20.5 Å². The van der Waals surface area contributed by atoms with E-state index in [1.165, 1.54) is 6.33 Å². The first-order valence-corrected chi connectivity index (χ1v) is 5.84. The molecule has 0 atom stereocenters. The molecule has 2 aromatic rings. The molecule has 0 unspecified atom stereocenters. The molecule has 1 heterocycles. The lowest BCUT2D eigenvalue weighted by Gasteiger charge is -2.05. The van der Waals surface area contributed by atoms with Gasteiger partial charge in [0.2, 0.25) is 0 Å². The molecule has 88 valence electrons. The molecule has 0 spiro atoms. The van der Waals surface area contributed by atoms with Crippen LogP contribution in [0.25, 0.3) is 0 Å². The quantitative estimate of drug-likeness (QED) is 0.907. The number of nitrogens with one attached hydrogen (secondary N) is 2. The fraction of sp³-hybridized carbons (Fsp3) is 0.182. The van der Waals surface area contributed by atoms with E-state index in [1.807, 2.05) is 19.1 Å². The van der Waals surface area contributed by atoms with Crippen LogP contribution in [0.5, 0.6) is 0 Å². The van der Waals surface area contributed by atoms with Gasteiger partial charge in [-0.25, -0.2) is 4.98 Å². The van der Waals surface area contributed by atoms with Crippen LogP contribution in [-0.2, 0) is 6.54 Å². The lowest BCUT2D eigenvalue weighted by molar-refractivity contribution is 0.0950. The third-order valence-corrected chi connectivity index (χ3v) is 2.64. The van der Waals surface area contributed by atoms with Crippen LogP contribution in [0.15, 0.2) is 29.0 Å². The Bertz CT molecular complexity index is 504. The predicted molar refractivity (Wildman–Crippen MR) is 66.4 cm³/mol. The number of hydrogen-bond acceptors (Lipinski definition) is 3. The SMILES string of the molecule is Cc1cc(Br)cc(C(=O)NCc2ncn[nH]2)c1. The summed E-state index contributed by atoms with van der Waals surface area (Å²) in [6.45, 7) is 2.28. The molecule has 0 saturated carbocycles. The second kappa shape index (κ2) is 5.09. The van der Waals surface area contributed by atoms with Crippen molar-refractivity contribution in [3.63, 3.8) is 0 Å². The molecule has 0 fully saturated rings. The Kier molecular flexibility index (Phi) is 3.53. The van der Waals surface area contributed by atoms with Crippen molar-refractivity contribution < 1.29 is 4.79 Å². The van der Waals surface area contributed by atoms with Gasteiger partial charge in [-0.2, -0.15) is 5.10 Å². The van der Waals surface area contributed by atoms with Crippen LogP contribution < -0.4 is 5.32 Å². The van der Waals surface area contributed by atoms with Crippen molar-refractivity contribution >= 4 is 21.8 Å². The summed E-state index contributed by atoms with van der Waals surface area (Å²) in [6.07, 6.45) is 1.41. The smallest absolute Gasteiger partial charge is 0.251 e. The van der Waals surface area contributed by atoms with Gasteiger partial charge < -0.3 is 5.32 Å². The van der Waals surface area contributed by atoms with Crippen molar-refractivity contribution in [2.24, 2.45) is 0 Å². The van der Waals surface area contributed by atoms with Crippen molar-refractivity contribution in [2.75, 3.05) is 0 Å². The highest BCUT2D eigenvalue weighted by molar-refractivity contribution is 9.10. The number of aromatic nitrogens is 3. The van der Waals surface area contributed by atoms with E-state index >= 15 is 0 Å². The number of nitrogens with zero attached hydrogens (tertiary/aromatic N) is 2. The summed E-state index contributed by atoms with van der Waals surface area (Å²) < 4.78 is 0.891. The molecule has 0 saturated heterocycles. The van der Waals surface area contributed by atoms with Gasteiger partial charge in [-0.05, 0) is 30.7 Å². The van der Waals surface area contributed by atoms with Crippen LogP contribution in [0, 0.1) is 6.92 Å². The molecular weight excluding hydrogens is 284 g/mol. The Labute approximate surface area is 107 Å². The van der Waals surface area contributed by atoms with Crippen molar-refractivity contribution in [3.8, 4) is 0 Å². The summed E-state index contributed by atoms with van der Waals surface area (Å²) in [7, 11) is 0. The standard InChI is InChI=1S/C11H11BrN4O/c1-7-2-8(4-9(12)3-7)11(17)13-5-10-14-6-15-16-10/h2-4,6H,5H2,1H3,(H,13,17)(H,14,15,16). The fourth-order valence-electron chi connectivity index (χ4n) is 1.45. The molecule has 0 radical (unpaired) electrons. The number of aromatic amines is 1. The molecular formula is C11H11BrN4O. The second-order valence-corrected chi connectivity index (χ2v) is 4.55. The summed E-state index contributed by atoms with van der Waals surface area (Å²) >= 11 is 3.36. The molecule has 6 heteroatoms. The minimum Gasteiger partial charge on any atom is -0.345 e. The Morgan fingerprint density at radius 3 is 2.94 bits per heavy atom. The average molecular weight is 295 g/mol. The minimum atomic E-state index is -0.134. The van der Waals surface area contributed by atoms with Crippen molar-refractivity contribution in [2.45, 2.75) is 13.5 Å².